The second-order valence-corrected chi connectivity index (χ2v) is 8.98. The summed E-state index contributed by atoms with van der Waals surface area (Å²) in [6.45, 7) is 4.03. The number of nitrogens with zero attached hydrogens (tertiary/aromatic N) is 1. The van der Waals surface area contributed by atoms with Gasteiger partial charge in [0.2, 0.25) is 10.0 Å². The van der Waals surface area contributed by atoms with E-state index in [1.165, 1.54) is 4.90 Å². The van der Waals surface area contributed by atoms with Crippen LogP contribution in [-0.2, 0) is 14.8 Å². The van der Waals surface area contributed by atoms with Crippen LogP contribution in [0.2, 0.25) is 0 Å². The van der Waals surface area contributed by atoms with Crippen LogP contribution in [0.5, 0.6) is 0 Å². The molecular weight excluding hydrogens is 370 g/mol. The van der Waals surface area contributed by atoms with Gasteiger partial charge in [0.05, 0.1) is 10.8 Å². The number of anilines is 1. The molecule has 9 heteroatoms. The number of aliphatic carboxylic acids is 1. The summed E-state index contributed by atoms with van der Waals surface area (Å²) >= 11 is 0. The quantitative estimate of drug-likeness (QED) is 0.706. The SMILES string of the molecule is Cc1ccc(NC(=O)N2CCCC(C(=O)O)C2)c(C)c1S(=O)(=O)NC1CC1. The molecule has 1 saturated carbocycles. The van der Waals surface area contributed by atoms with Crippen LogP contribution in [0.1, 0.15) is 36.8 Å². The molecule has 2 fully saturated rings. The molecule has 0 aromatic heterocycles. The predicted molar refractivity (Wildman–Crippen MR) is 100 cm³/mol. The van der Waals surface area contributed by atoms with Crippen molar-refractivity contribution in [2.75, 3.05) is 18.4 Å². The van der Waals surface area contributed by atoms with Crippen molar-refractivity contribution in [2.45, 2.75) is 50.5 Å². The first-order valence-electron chi connectivity index (χ1n) is 9.10. The third-order valence-corrected chi connectivity index (χ3v) is 6.88. The Kier molecular flexibility index (Phi) is 5.43. The average molecular weight is 395 g/mol. The van der Waals surface area contributed by atoms with E-state index in [2.05, 4.69) is 10.0 Å². The summed E-state index contributed by atoms with van der Waals surface area (Å²) in [6.07, 6.45) is 2.86. The highest BCUT2D eigenvalue weighted by molar-refractivity contribution is 7.89. The minimum absolute atomic E-state index is 0.00616. The molecule has 8 nitrogen and oxygen atoms in total. The van der Waals surface area contributed by atoms with Crippen LogP contribution in [0.15, 0.2) is 17.0 Å². The highest BCUT2D eigenvalue weighted by atomic mass is 32.2. The van der Waals surface area contributed by atoms with Gasteiger partial charge in [-0.25, -0.2) is 17.9 Å². The van der Waals surface area contributed by atoms with Gasteiger partial charge < -0.3 is 15.3 Å². The molecule has 27 heavy (non-hydrogen) atoms. The third-order valence-electron chi connectivity index (χ3n) is 5.07. The zero-order valence-corrected chi connectivity index (χ0v) is 16.3. The Labute approximate surface area is 159 Å². The van der Waals surface area contributed by atoms with Crippen molar-refractivity contribution in [2.24, 2.45) is 5.92 Å². The van der Waals surface area contributed by atoms with E-state index in [0.29, 0.717) is 36.2 Å². The number of aryl methyl sites for hydroxylation is 1. The van der Waals surface area contributed by atoms with Crippen LogP contribution in [0.4, 0.5) is 10.5 Å². The first-order chi connectivity index (χ1) is 12.7. The van der Waals surface area contributed by atoms with Crippen molar-refractivity contribution in [3.05, 3.63) is 23.3 Å². The van der Waals surface area contributed by atoms with Crippen LogP contribution in [0.3, 0.4) is 0 Å². The fourth-order valence-electron chi connectivity index (χ4n) is 3.41. The number of hydrogen-bond acceptors (Lipinski definition) is 4. The number of hydrogen-bond donors (Lipinski definition) is 3. The van der Waals surface area contributed by atoms with E-state index in [1.54, 1.807) is 26.0 Å². The van der Waals surface area contributed by atoms with E-state index >= 15 is 0 Å². The molecule has 0 radical (unpaired) electrons. The van der Waals surface area contributed by atoms with E-state index < -0.39 is 27.9 Å². The van der Waals surface area contributed by atoms with E-state index in [4.69, 9.17) is 0 Å². The third kappa shape index (κ3) is 4.41. The molecule has 3 N–H and O–H groups in total. The number of rotatable bonds is 5. The molecule has 2 aliphatic rings. The lowest BCUT2D eigenvalue weighted by Gasteiger charge is -2.31. The van der Waals surface area contributed by atoms with Gasteiger partial charge in [0.25, 0.3) is 0 Å². The zero-order valence-electron chi connectivity index (χ0n) is 15.5. The summed E-state index contributed by atoms with van der Waals surface area (Å²) in [7, 11) is -3.65. The maximum atomic E-state index is 12.7. The number of urea groups is 1. The molecule has 0 bridgehead atoms. The van der Waals surface area contributed by atoms with E-state index in [0.717, 1.165) is 12.8 Å². The average Bonchev–Trinajstić information content (AvgIpc) is 3.40. The van der Waals surface area contributed by atoms with E-state index in [1.807, 2.05) is 0 Å². The number of carbonyl (C=O) groups excluding carboxylic acids is 1. The van der Waals surface area contributed by atoms with Gasteiger partial charge in [0.15, 0.2) is 0 Å². The molecule has 148 valence electrons. The first kappa shape index (κ1) is 19.6. The van der Waals surface area contributed by atoms with Crippen LogP contribution in [-0.4, -0.2) is 49.6 Å². The topological polar surface area (TPSA) is 116 Å². The highest BCUT2D eigenvalue weighted by Gasteiger charge is 2.31. The molecular formula is C18H25N3O5S. The zero-order chi connectivity index (χ0) is 19.8. The van der Waals surface area contributed by atoms with E-state index in [-0.39, 0.29) is 17.5 Å². The van der Waals surface area contributed by atoms with Crippen molar-refractivity contribution in [1.82, 2.24) is 9.62 Å². The van der Waals surface area contributed by atoms with Crippen LogP contribution >= 0.6 is 0 Å². The Morgan fingerprint density at radius 1 is 1.19 bits per heavy atom. The van der Waals surface area contributed by atoms with Crippen molar-refractivity contribution >= 4 is 27.7 Å². The minimum Gasteiger partial charge on any atom is -0.481 e. The lowest BCUT2D eigenvalue weighted by atomic mass is 9.99. The van der Waals surface area contributed by atoms with Crippen molar-refractivity contribution in [3.8, 4) is 0 Å². The van der Waals surface area contributed by atoms with Crippen LogP contribution in [0.25, 0.3) is 0 Å². The molecule has 1 atom stereocenters. The number of nitrogens with one attached hydrogen (secondary N) is 2. The summed E-state index contributed by atoms with van der Waals surface area (Å²) in [5.41, 5.74) is 1.50. The lowest BCUT2D eigenvalue weighted by molar-refractivity contribution is -0.143. The first-order valence-corrected chi connectivity index (χ1v) is 10.6. The summed E-state index contributed by atoms with van der Waals surface area (Å²) < 4.78 is 28.0. The fourth-order valence-corrected chi connectivity index (χ4v) is 5.21. The Balaban J connectivity index is 1.80. The van der Waals surface area contributed by atoms with Crippen LogP contribution < -0.4 is 10.0 Å². The molecule has 3 rings (SSSR count). The number of amides is 2. The van der Waals surface area contributed by atoms with Gasteiger partial charge in [0.1, 0.15) is 0 Å². The molecule has 2 amide bonds. The van der Waals surface area contributed by atoms with Crippen LogP contribution in [0, 0.1) is 19.8 Å². The van der Waals surface area contributed by atoms with Gasteiger partial charge in [-0.05, 0) is 56.7 Å². The van der Waals surface area contributed by atoms with Gasteiger partial charge in [-0.3, -0.25) is 4.79 Å². The number of piperidine rings is 1. The molecule has 1 aliphatic carbocycles. The predicted octanol–water partition coefficient (Wildman–Crippen LogP) is 2.07. The molecule has 1 aliphatic heterocycles. The maximum Gasteiger partial charge on any atom is 0.321 e. The molecule has 1 saturated heterocycles. The van der Waals surface area contributed by atoms with Gasteiger partial charge in [0, 0.05) is 24.8 Å². The van der Waals surface area contributed by atoms with Crippen molar-refractivity contribution in [3.63, 3.8) is 0 Å². The smallest absolute Gasteiger partial charge is 0.321 e. The summed E-state index contributed by atoms with van der Waals surface area (Å²) in [5, 5.41) is 11.9. The van der Waals surface area contributed by atoms with Gasteiger partial charge in [-0.2, -0.15) is 0 Å². The molecule has 1 aromatic rings. The Morgan fingerprint density at radius 2 is 1.89 bits per heavy atom. The number of sulfonamides is 1. The van der Waals surface area contributed by atoms with Gasteiger partial charge >= 0.3 is 12.0 Å². The summed E-state index contributed by atoms with van der Waals surface area (Å²) in [6, 6.07) is 2.93. The summed E-state index contributed by atoms with van der Waals surface area (Å²) in [4.78, 5) is 25.4. The molecule has 1 heterocycles. The Morgan fingerprint density at radius 3 is 2.52 bits per heavy atom. The highest BCUT2D eigenvalue weighted by Crippen LogP contribution is 2.30. The second kappa shape index (κ2) is 7.47. The second-order valence-electron chi connectivity index (χ2n) is 7.33. The number of benzene rings is 1. The number of carboxylic acid groups (broad SMARTS) is 1. The monoisotopic (exact) mass is 395 g/mol. The largest absolute Gasteiger partial charge is 0.481 e. The lowest BCUT2D eigenvalue weighted by Crippen LogP contribution is -2.44. The maximum absolute atomic E-state index is 12.7. The van der Waals surface area contributed by atoms with Gasteiger partial charge in [-0.15, -0.1) is 0 Å². The number of carboxylic acids is 1. The number of carbonyl (C=O) groups is 2. The Hall–Kier alpha value is -2.13. The normalized spacial score (nSPS) is 20.4. The van der Waals surface area contributed by atoms with Crippen molar-refractivity contribution in [1.29, 1.82) is 0 Å². The van der Waals surface area contributed by atoms with E-state index in [9.17, 15) is 23.1 Å². The molecule has 0 spiro atoms. The van der Waals surface area contributed by atoms with Crippen molar-refractivity contribution < 1.29 is 23.1 Å². The summed E-state index contributed by atoms with van der Waals surface area (Å²) in [5.74, 6) is -1.47. The standard InChI is InChI=1S/C18H25N3O5S/c1-11-5-8-15(12(2)16(11)27(25,26)20-14-6-7-14)19-18(24)21-9-3-4-13(10-21)17(22)23/h5,8,13-14,20H,3-4,6-7,9-10H2,1-2H3,(H,19,24)(H,22,23). The minimum atomic E-state index is -3.65. The fraction of sp³-hybridized carbons (Fsp3) is 0.556. The molecule has 1 aromatic carbocycles. The Bertz CT molecular complexity index is 864. The molecule has 1 unspecified atom stereocenters. The number of likely N-dealkylation sites (tertiary alicyclic amines) is 1. The van der Waals surface area contributed by atoms with Gasteiger partial charge in [-0.1, -0.05) is 6.07 Å².